The van der Waals surface area contributed by atoms with Crippen molar-refractivity contribution in [1.29, 1.82) is 0 Å². The standard InChI is InChI=1S/C9H8ClNOS/c10-9-6-2-1-5(11)3-7(6)13-8(9)4-12/h1-3,12H,4,11H2. The van der Waals surface area contributed by atoms with Crippen LogP contribution in [-0.2, 0) is 6.61 Å². The van der Waals surface area contributed by atoms with Gasteiger partial charge in [-0.2, -0.15) is 0 Å². The molecule has 0 atom stereocenters. The Morgan fingerprint density at radius 3 is 2.92 bits per heavy atom. The number of hydrogen-bond acceptors (Lipinski definition) is 3. The molecule has 0 bridgehead atoms. The maximum Gasteiger partial charge on any atom is 0.0789 e. The molecule has 2 aromatic rings. The fourth-order valence-electron chi connectivity index (χ4n) is 1.23. The molecule has 1 heterocycles. The van der Waals surface area contributed by atoms with Crippen LogP contribution in [0.5, 0.6) is 0 Å². The summed E-state index contributed by atoms with van der Waals surface area (Å²) in [6.07, 6.45) is 0. The highest BCUT2D eigenvalue weighted by atomic mass is 35.5. The zero-order chi connectivity index (χ0) is 9.42. The Labute approximate surface area is 84.6 Å². The lowest BCUT2D eigenvalue weighted by Crippen LogP contribution is -1.81. The van der Waals surface area contributed by atoms with Gasteiger partial charge in [0.1, 0.15) is 0 Å². The van der Waals surface area contributed by atoms with Gasteiger partial charge in [-0.05, 0) is 18.2 Å². The topological polar surface area (TPSA) is 46.2 Å². The molecule has 0 aliphatic rings. The van der Waals surface area contributed by atoms with Crippen molar-refractivity contribution in [2.24, 2.45) is 0 Å². The van der Waals surface area contributed by atoms with Crippen LogP contribution in [0.25, 0.3) is 10.1 Å². The van der Waals surface area contributed by atoms with Crippen LogP contribution in [-0.4, -0.2) is 5.11 Å². The van der Waals surface area contributed by atoms with Crippen LogP contribution < -0.4 is 5.73 Å². The summed E-state index contributed by atoms with van der Waals surface area (Å²) >= 11 is 7.50. The highest BCUT2D eigenvalue weighted by molar-refractivity contribution is 7.19. The smallest absolute Gasteiger partial charge is 0.0789 e. The van der Waals surface area contributed by atoms with Gasteiger partial charge in [0.05, 0.1) is 11.6 Å². The summed E-state index contributed by atoms with van der Waals surface area (Å²) in [7, 11) is 0. The molecular weight excluding hydrogens is 206 g/mol. The number of nitrogens with two attached hydrogens (primary N) is 1. The summed E-state index contributed by atoms with van der Waals surface area (Å²) in [6, 6.07) is 5.55. The molecule has 1 aromatic heterocycles. The van der Waals surface area contributed by atoms with Gasteiger partial charge in [-0.15, -0.1) is 11.3 Å². The average molecular weight is 214 g/mol. The first-order valence-corrected chi connectivity index (χ1v) is 4.99. The van der Waals surface area contributed by atoms with Crippen LogP contribution in [0.2, 0.25) is 5.02 Å². The van der Waals surface area contributed by atoms with E-state index >= 15 is 0 Å². The molecule has 0 spiro atoms. The van der Waals surface area contributed by atoms with Crippen molar-refractivity contribution >= 4 is 38.7 Å². The lowest BCUT2D eigenvalue weighted by molar-refractivity contribution is 0.285. The second kappa shape index (κ2) is 3.18. The van der Waals surface area contributed by atoms with Crippen LogP contribution in [0.4, 0.5) is 5.69 Å². The number of fused-ring (bicyclic) bond motifs is 1. The minimum Gasteiger partial charge on any atom is -0.399 e. The van der Waals surface area contributed by atoms with Crippen molar-refractivity contribution in [3.05, 3.63) is 28.1 Å². The van der Waals surface area contributed by atoms with Gasteiger partial charge in [0.2, 0.25) is 0 Å². The van der Waals surface area contributed by atoms with E-state index in [4.69, 9.17) is 22.4 Å². The third-order valence-electron chi connectivity index (χ3n) is 1.86. The largest absolute Gasteiger partial charge is 0.399 e. The van der Waals surface area contributed by atoms with Crippen molar-refractivity contribution in [2.45, 2.75) is 6.61 Å². The van der Waals surface area contributed by atoms with Crippen molar-refractivity contribution in [2.75, 3.05) is 5.73 Å². The lowest BCUT2D eigenvalue weighted by atomic mass is 10.2. The van der Waals surface area contributed by atoms with Gasteiger partial charge in [-0.3, -0.25) is 0 Å². The molecule has 0 aliphatic heterocycles. The van der Waals surface area contributed by atoms with Gasteiger partial charge >= 0.3 is 0 Å². The number of thiophene rings is 1. The van der Waals surface area contributed by atoms with Crippen LogP contribution in [0.3, 0.4) is 0 Å². The maximum absolute atomic E-state index is 8.98. The first kappa shape index (κ1) is 8.81. The van der Waals surface area contributed by atoms with Gasteiger partial charge in [0.25, 0.3) is 0 Å². The van der Waals surface area contributed by atoms with Crippen LogP contribution in [0.15, 0.2) is 18.2 Å². The summed E-state index contributed by atoms with van der Waals surface area (Å²) in [5.74, 6) is 0. The fraction of sp³-hybridized carbons (Fsp3) is 0.111. The van der Waals surface area contributed by atoms with E-state index in [1.54, 1.807) is 0 Å². The third-order valence-corrected chi connectivity index (χ3v) is 3.54. The zero-order valence-electron chi connectivity index (χ0n) is 6.75. The van der Waals surface area contributed by atoms with E-state index < -0.39 is 0 Å². The van der Waals surface area contributed by atoms with Gasteiger partial charge in [0, 0.05) is 20.7 Å². The quantitative estimate of drug-likeness (QED) is 0.716. The Kier molecular flexibility index (Phi) is 2.15. The minimum atomic E-state index is -0.0158. The number of halogens is 1. The lowest BCUT2D eigenvalue weighted by Gasteiger charge is -1.92. The van der Waals surface area contributed by atoms with Crippen LogP contribution in [0, 0.1) is 0 Å². The Morgan fingerprint density at radius 2 is 2.23 bits per heavy atom. The number of hydrogen-bond donors (Lipinski definition) is 2. The summed E-state index contributed by atoms with van der Waals surface area (Å²) in [4.78, 5) is 0.794. The number of aliphatic hydroxyl groups excluding tert-OH is 1. The van der Waals surface area contributed by atoms with Crippen molar-refractivity contribution in [1.82, 2.24) is 0 Å². The van der Waals surface area contributed by atoms with E-state index in [2.05, 4.69) is 0 Å². The highest BCUT2D eigenvalue weighted by Crippen LogP contribution is 2.36. The predicted molar refractivity (Wildman–Crippen MR) is 57.2 cm³/mol. The summed E-state index contributed by atoms with van der Waals surface area (Å²) in [5.41, 5.74) is 6.34. The third kappa shape index (κ3) is 1.39. The second-order valence-electron chi connectivity index (χ2n) is 2.75. The van der Waals surface area contributed by atoms with Crippen LogP contribution >= 0.6 is 22.9 Å². The molecule has 1 aromatic carbocycles. The molecule has 0 saturated heterocycles. The van der Waals surface area contributed by atoms with Gasteiger partial charge < -0.3 is 10.8 Å². The monoisotopic (exact) mass is 213 g/mol. The number of aliphatic hydroxyl groups is 1. The Morgan fingerprint density at radius 1 is 1.46 bits per heavy atom. The summed E-state index contributed by atoms with van der Waals surface area (Å²) in [6.45, 7) is -0.0158. The molecule has 68 valence electrons. The molecule has 3 N–H and O–H groups in total. The summed E-state index contributed by atoms with van der Waals surface area (Å²) in [5, 5.41) is 10.6. The number of benzene rings is 1. The zero-order valence-corrected chi connectivity index (χ0v) is 8.32. The highest BCUT2D eigenvalue weighted by Gasteiger charge is 2.08. The van der Waals surface area contributed by atoms with Gasteiger partial charge in [0.15, 0.2) is 0 Å². The Hall–Kier alpha value is -0.770. The molecule has 0 fully saturated rings. The van der Waals surface area contributed by atoms with E-state index in [9.17, 15) is 0 Å². The molecular formula is C9H8ClNOS. The first-order valence-electron chi connectivity index (χ1n) is 3.79. The SMILES string of the molecule is Nc1ccc2c(Cl)c(CO)sc2c1. The second-order valence-corrected chi connectivity index (χ2v) is 4.27. The molecule has 0 radical (unpaired) electrons. The molecule has 0 amide bonds. The van der Waals surface area contributed by atoms with Crippen molar-refractivity contribution in [3.63, 3.8) is 0 Å². The van der Waals surface area contributed by atoms with Crippen molar-refractivity contribution < 1.29 is 5.11 Å². The number of nitrogen functional groups attached to an aromatic ring is 1. The molecule has 4 heteroatoms. The molecule has 0 unspecified atom stereocenters. The molecule has 0 aliphatic carbocycles. The first-order chi connectivity index (χ1) is 6.22. The Bertz CT molecular complexity index is 452. The minimum absolute atomic E-state index is 0.0158. The fourth-order valence-corrected chi connectivity index (χ4v) is 2.64. The normalized spacial score (nSPS) is 10.9. The van der Waals surface area contributed by atoms with Crippen molar-refractivity contribution in [3.8, 4) is 0 Å². The Balaban J connectivity index is 2.76. The molecule has 13 heavy (non-hydrogen) atoms. The summed E-state index contributed by atoms with van der Waals surface area (Å²) < 4.78 is 1.02. The van der Waals surface area contributed by atoms with E-state index in [-0.39, 0.29) is 6.61 Å². The van der Waals surface area contributed by atoms with E-state index in [0.29, 0.717) is 5.02 Å². The predicted octanol–water partition coefficient (Wildman–Crippen LogP) is 2.63. The maximum atomic E-state index is 8.98. The van der Waals surface area contributed by atoms with E-state index in [1.165, 1.54) is 11.3 Å². The van der Waals surface area contributed by atoms with Gasteiger partial charge in [-0.1, -0.05) is 11.6 Å². The molecule has 2 rings (SSSR count). The number of rotatable bonds is 1. The molecule has 2 nitrogen and oxygen atoms in total. The molecule has 0 saturated carbocycles. The van der Waals surface area contributed by atoms with Crippen LogP contribution in [0.1, 0.15) is 4.88 Å². The average Bonchev–Trinajstić information content (AvgIpc) is 2.42. The van der Waals surface area contributed by atoms with E-state index in [1.807, 2.05) is 18.2 Å². The number of anilines is 1. The van der Waals surface area contributed by atoms with E-state index in [0.717, 1.165) is 20.7 Å². The van der Waals surface area contributed by atoms with Gasteiger partial charge in [-0.25, -0.2) is 0 Å².